The summed E-state index contributed by atoms with van der Waals surface area (Å²) < 4.78 is 6.87. The van der Waals surface area contributed by atoms with Crippen LogP contribution in [0.5, 0.6) is 0 Å². The first-order valence-corrected chi connectivity index (χ1v) is 11.6. The zero-order valence-corrected chi connectivity index (χ0v) is 17.8. The first-order valence-electron chi connectivity index (χ1n) is 9.49. The first-order chi connectivity index (χ1) is 10.4. The maximum atomic E-state index is 9.95. The summed E-state index contributed by atoms with van der Waals surface area (Å²) >= 11 is 0. The van der Waals surface area contributed by atoms with Gasteiger partial charge in [-0.15, -0.1) is 0 Å². The van der Waals surface area contributed by atoms with E-state index in [2.05, 4.69) is 68.4 Å². The van der Waals surface area contributed by atoms with Crippen molar-refractivity contribution in [2.45, 2.75) is 91.8 Å². The van der Waals surface area contributed by atoms with Crippen LogP contribution in [0.4, 0.5) is 0 Å². The molecule has 2 nitrogen and oxygen atoms in total. The summed E-state index contributed by atoms with van der Waals surface area (Å²) in [6.45, 7) is 21.8. The molecule has 0 saturated heterocycles. The quantitative estimate of drug-likeness (QED) is 0.546. The molecule has 3 rings (SSSR count). The molecule has 23 heavy (non-hydrogen) atoms. The topological polar surface area (TPSA) is 33.0 Å². The molecule has 2 bridgehead atoms. The predicted octanol–water partition coefficient (Wildman–Crippen LogP) is 6.14. The molecule has 3 heteroatoms. The maximum Gasteiger partial charge on any atom is 0.200 e. The molecule has 0 aromatic carbocycles. The zero-order valence-electron chi connectivity index (χ0n) is 16.8. The fraction of sp³-hybridized carbons (Fsp3) is 0.950. The highest BCUT2D eigenvalue weighted by atomic mass is 28.4. The van der Waals surface area contributed by atoms with E-state index in [0.29, 0.717) is 22.5 Å². The standard InChI is InChI=1S/C20H37NOSi/c1-14(2)23(15(3)4,16(5)6)22-12-17-19(9)10-11-20(17,13-21)18(19,7)8/h14-17H,10-12H2,1-9H3/t17-,19+,20?/m0/s1. The van der Waals surface area contributed by atoms with Gasteiger partial charge in [0.15, 0.2) is 8.32 Å². The fourth-order valence-corrected chi connectivity index (χ4v) is 12.1. The van der Waals surface area contributed by atoms with Crippen LogP contribution in [-0.2, 0) is 4.43 Å². The minimum atomic E-state index is -1.84. The van der Waals surface area contributed by atoms with Crippen molar-refractivity contribution in [1.29, 1.82) is 5.26 Å². The molecule has 1 unspecified atom stereocenters. The van der Waals surface area contributed by atoms with Crippen LogP contribution in [0.3, 0.4) is 0 Å². The smallest absolute Gasteiger partial charge is 0.200 e. The van der Waals surface area contributed by atoms with Crippen LogP contribution < -0.4 is 0 Å². The summed E-state index contributed by atoms with van der Waals surface area (Å²) in [5.74, 6) is 0.415. The number of hydrogen-bond donors (Lipinski definition) is 0. The first kappa shape index (κ1) is 19.0. The second-order valence-electron chi connectivity index (χ2n) is 9.81. The molecule has 3 fully saturated rings. The van der Waals surface area contributed by atoms with Crippen molar-refractivity contribution in [1.82, 2.24) is 0 Å². The zero-order chi connectivity index (χ0) is 17.8. The third kappa shape index (κ3) is 2.07. The van der Waals surface area contributed by atoms with Crippen molar-refractivity contribution in [2.24, 2.45) is 22.2 Å². The highest BCUT2D eigenvalue weighted by Crippen LogP contribution is 2.80. The highest BCUT2D eigenvalue weighted by molar-refractivity contribution is 6.77. The van der Waals surface area contributed by atoms with Gasteiger partial charge in [-0.05, 0) is 40.3 Å². The Kier molecular flexibility index (Phi) is 4.62. The Hall–Kier alpha value is -0.333. The lowest BCUT2D eigenvalue weighted by Crippen LogP contribution is -2.64. The van der Waals surface area contributed by atoms with Gasteiger partial charge < -0.3 is 4.43 Å². The molecule has 3 aliphatic rings. The average Bonchev–Trinajstić information content (AvgIpc) is 2.85. The Morgan fingerprint density at radius 2 is 1.48 bits per heavy atom. The van der Waals surface area contributed by atoms with Crippen LogP contribution in [-0.4, -0.2) is 14.9 Å². The molecule has 0 aromatic heterocycles. The van der Waals surface area contributed by atoms with Crippen LogP contribution in [0, 0.1) is 33.5 Å². The molecular weight excluding hydrogens is 298 g/mol. The van der Waals surface area contributed by atoms with E-state index in [1.807, 2.05) is 0 Å². The lowest BCUT2D eigenvalue weighted by atomic mass is 9.38. The van der Waals surface area contributed by atoms with E-state index in [1.54, 1.807) is 0 Å². The Morgan fingerprint density at radius 1 is 1.00 bits per heavy atom. The average molecular weight is 336 g/mol. The molecule has 0 amide bonds. The number of nitriles is 1. The van der Waals surface area contributed by atoms with Gasteiger partial charge in [0.2, 0.25) is 0 Å². The Labute approximate surface area is 145 Å². The SMILES string of the molecule is CC(C)[Si](OC[C@@H]1C2(C#N)CC[C@@]1(C)C2(C)C)(C(C)C)C(C)C. The van der Waals surface area contributed by atoms with E-state index < -0.39 is 8.32 Å². The molecule has 0 aromatic rings. The predicted molar refractivity (Wildman–Crippen MR) is 99.7 cm³/mol. The van der Waals surface area contributed by atoms with Gasteiger partial charge in [0.25, 0.3) is 0 Å². The van der Waals surface area contributed by atoms with Crippen LogP contribution in [0.1, 0.15) is 75.2 Å². The monoisotopic (exact) mass is 335 g/mol. The van der Waals surface area contributed by atoms with Crippen molar-refractivity contribution in [2.75, 3.05) is 6.61 Å². The molecule has 3 aliphatic carbocycles. The lowest BCUT2D eigenvalue weighted by molar-refractivity contribution is -0.177. The maximum absolute atomic E-state index is 9.95. The number of fused-ring (bicyclic) bond motifs is 1. The Morgan fingerprint density at radius 3 is 1.83 bits per heavy atom. The van der Waals surface area contributed by atoms with Gasteiger partial charge in [0.05, 0.1) is 11.5 Å². The molecule has 0 aliphatic heterocycles. The summed E-state index contributed by atoms with van der Waals surface area (Å²) in [7, 11) is -1.84. The van der Waals surface area contributed by atoms with Crippen molar-refractivity contribution in [3.8, 4) is 6.07 Å². The Balaban J connectivity index is 2.26. The summed E-state index contributed by atoms with van der Waals surface area (Å²) in [6.07, 6.45) is 2.24. The molecule has 0 radical (unpaired) electrons. The molecule has 3 saturated carbocycles. The second kappa shape index (κ2) is 5.60. The van der Waals surface area contributed by atoms with E-state index in [0.717, 1.165) is 13.0 Å². The summed E-state index contributed by atoms with van der Waals surface area (Å²) in [4.78, 5) is 0. The summed E-state index contributed by atoms with van der Waals surface area (Å²) in [5.41, 5.74) is 2.07. The van der Waals surface area contributed by atoms with Crippen molar-refractivity contribution in [3.05, 3.63) is 0 Å². The van der Waals surface area contributed by atoms with Crippen molar-refractivity contribution in [3.63, 3.8) is 0 Å². The lowest BCUT2D eigenvalue weighted by Gasteiger charge is -2.64. The molecule has 0 N–H and O–H groups in total. The highest BCUT2D eigenvalue weighted by Gasteiger charge is 2.78. The van der Waals surface area contributed by atoms with Crippen LogP contribution >= 0.6 is 0 Å². The molecular formula is C20H37NOSi. The normalized spacial score (nSPS) is 35.7. The summed E-state index contributed by atoms with van der Waals surface area (Å²) in [5, 5.41) is 9.95. The van der Waals surface area contributed by atoms with Gasteiger partial charge in [0.1, 0.15) is 0 Å². The van der Waals surface area contributed by atoms with Crippen LogP contribution in [0.15, 0.2) is 0 Å². The number of hydrogen-bond acceptors (Lipinski definition) is 2. The van der Waals surface area contributed by atoms with Crippen LogP contribution in [0.25, 0.3) is 0 Å². The van der Waals surface area contributed by atoms with Gasteiger partial charge >= 0.3 is 0 Å². The van der Waals surface area contributed by atoms with Crippen LogP contribution in [0.2, 0.25) is 16.6 Å². The van der Waals surface area contributed by atoms with E-state index in [1.165, 1.54) is 6.42 Å². The molecule has 0 heterocycles. The minimum absolute atomic E-state index is 0.125. The molecule has 3 atom stereocenters. The van der Waals surface area contributed by atoms with E-state index >= 15 is 0 Å². The van der Waals surface area contributed by atoms with Gasteiger partial charge in [-0.1, -0.05) is 62.3 Å². The van der Waals surface area contributed by atoms with Crippen molar-refractivity contribution >= 4 is 8.32 Å². The van der Waals surface area contributed by atoms with Gasteiger partial charge in [-0.25, -0.2) is 0 Å². The third-order valence-electron chi connectivity index (χ3n) is 8.35. The second-order valence-corrected chi connectivity index (χ2v) is 15.3. The Bertz CT molecular complexity index is 482. The van der Waals surface area contributed by atoms with E-state index in [4.69, 9.17) is 4.43 Å². The van der Waals surface area contributed by atoms with E-state index in [9.17, 15) is 5.26 Å². The van der Waals surface area contributed by atoms with Gasteiger partial charge in [-0.3, -0.25) is 0 Å². The van der Waals surface area contributed by atoms with Gasteiger partial charge in [-0.2, -0.15) is 5.26 Å². The molecule has 0 spiro atoms. The van der Waals surface area contributed by atoms with Gasteiger partial charge in [0, 0.05) is 12.5 Å². The third-order valence-corrected chi connectivity index (χ3v) is 14.4. The molecule has 132 valence electrons. The number of rotatable bonds is 6. The van der Waals surface area contributed by atoms with Crippen molar-refractivity contribution < 1.29 is 4.43 Å². The minimum Gasteiger partial charge on any atom is -0.416 e. The summed E-state index contributed by atoms with van der Waals surface area (Å²) in [6, 6.07) is 2.73. The fourth-order valence-electron chi connectivity index (χ4n) is 6.60. The largest absolute Gasteiger partial charge is 0.416 e. The number of nitrogens with zero attached hydrogens (tertiary/aromatic N) is 1. The van der Waals surface area contributed by atoms with E-state index in [-0.39, 0.29) is 16.2 Å².